The van der Waals surface area contributed by atoms with Gasteiger partial charge in [-0.05, 0) is 44.6 Å². The third-order valence-electron chi connectivity index (χ3n) is 6.58. The van der Waals surface area contributed by atoms with Crippen molar-refractivity contribution in [3.8, 4) is 6.07 Å². The molecule has 1 aromatic heterocycles. The first-order chi connectivity index (χ1) is 20.6. The van der Waals surface area contributed by atoms with E-state index in [4.69, 9.17) is 9.47 Å². The number of hydrogen-bond acceptors (Lipinski definition) is 11. The number of nitrogens with zero attached hydrogens (tertiary/aromatic N) is 6. The number of anilines is 2. The Morgan fingerprint density at radius 1 is 1.25 bits per heavy atom. The predicted octanol–water partition coefficient (Wildman–Crippen LogP) is 5.91. The topological polar surface area (TPSA) is 133 Å². The monoisotopic (exact) mass is 635 g/mol. The average molecular weight is 636 g/mol. The second kappa shape index (κ2) is 14.1. The average Bonchev–Trinajstić information content (AvgIpc) is 2.95. The molecule has 0 radical (unpaired) electrons. The van der Waals surface area contributed by atoms with Crippen LogP contribution in [0.25, 0.3) is 0 Å². The molecule has 1 N–H and O–H groups in total. The zero-order chi connectivity index (χ0) is 32.8. The lowest BCUT2D eigenvalue weighted by molar-refractivity contribution is -0.137. The van der Waals surface area contributed by atoms with Gasteiger partial charge in [-0.1, -0.05) is 37.7 Å². The number of carbonyl (C=O) groups is 2. The quantitative estimate of drug-likeness (QED) is 0.123. The highest BCUT2D eigenvalue weighted by molar-refractivity contribution is 7.98. The van der Waals surface area contributed by atoms with Crippen LogP contribution in [0.15, 0.2) is 28.5 Å². The molecule has 1 atom stereocenters. The van der Waals surface area contributed by atoms with Crippen molar-refractivity contribution in [2.45, 2.75) is 69.9 Å². The van der Waals surface area contributed by atoms with Crippen molar-refractivity contribution >= 4 is 41.5 Å². The highest BCUT2D eigenvalue weighted by Gasteiger charge is 2.37. The summed E-state index contributed by atoms with van der Waals surface area (Å²) in [5.41, 5.74) is 0.696. The summed E-state index contributed by atoms with van der Waals surface area (Å²) in [6.45, 7) is 9.15. The van der Waals surface area contributed by atoms with Gasteiger partial charge in [0.1, 0.15) is 11.4 Å². The molecule has 44 heavy (non-hydrogen) atoms. The molecule has 3 rings (SSSR count). The number of ether oxygens (including phenoxy) is 2. The molecule has 0 aliphatic carbocycles. The minimum Gasteiger partial charge on any atom is -0.464 e. The molecule has 1 aliphatic heterocycles. The molecule has 2 heterocycles. The summed E-state index contributed by atoms with van der Waals surface area (Å²) >= 11 is 1.17. The number of benzene rings is 1. The molecule has 1 saturated heterocycles. The van der Waals surface area contributed by atoms with Crippen molar-refractivity contribution in [1.29, 1.82) is 5.26 Å². The van der Waals surface area contributed by atoms with E-state index in [1.165, 1.54) is 48.2 Å². The molecule has 11 nitrogen and oxygen atoms in total. The fourth-order valence-electron chi connectivity index (χ4n) is 4.66. The minimum atomic E-state index is -4.65. The summed E-state index contributed by atoms with van der Waals surface area (Å²) in [7, 11) is 1.18. The van der Waals surface area contributed by atoms with Crippen LogP contribution in [0.5, 0.6) is 0 Å². The first kappa shape index (κ1) is 34.4. The molecule has 1 fully saturated rings. The van der Waals surface area contributed by atoms with Gasteiger partial charge in [0, 0.05) is 19.6 Å². The molecule has 1 aromatic carbocycles. The highest BCUT2D eigenvalue weighted by Crippen LogP contribution is 2.40. The Kier molecular flexibility index (Phi) is 11.1. The number of halogens is 3. The SMILES string of the molecule is COC(=O)c1nc(SC)nc(N2CCN(C(=O)OC(C)(C)C)C(CC#N)C2)c1/C=N/Nc1cccc(C(C)C)c1C(F)(F)F. The number of carbonyl (C=O) groups excluding carboxylic acids is 2. The zero-order valence-corrected chi connectivity index (χ0v) is 26.5. The van der Waals surface area contributed by atoms with Crippen LogP contribution in [0.1, 0.15) is 74.1 Å². The second-order valence-corrected chi connectivity index (χ2v) is 12.0. The highest BCUT2D eigenvalue weighted by atomic mass is 32.2. The van der Waals surface area contributed by atoms with Crippen molar-refractivity contribution in [3.63, 3.8) is 0 Å². The number of rotatable bonds is 8. The number of aromatic nitrogens is 2. The number of hydrazone groups is 1. The van der Waals surface area contributed by atoms with Gasteiger partial charge in [0.05, 0.1) is 48.7 Å². The molecular weight excluding hydrogens is 599 g/mol. The van der Waals surface area contributed by atoms with Gasteiger partial charge in [-0.3, -0.25) is 5.43 Å². The Morgan fingerprint density at radius 2 is 1.95 bits per heavy atom. The number of alkyl halides is 3. The number of nitrogens with one attached hydrogen (secondary N) is 1. The van der Waals surface area contributed by atoms with Gasteiger partial charge in [0.2, 0.25) is 0 Å². The van der Waals surface area contributed by atoms with Crippen LogP contribution in [0.4, 0.5) is 29.5 Å². The lowest BCUT2D eigenvalue weighted by Crippen LogP contribution is -2.56. The van der Waals surface area contributed by atoms with Gasteiger partial charge in [0.25, 0.3) is 0 Å². The van der Waals surface area contributed by atoms with Gasteiger partial charge in [-0.15, -0.1) is 0 Å². The smallest absolute Gasteiger partial charge is 0.418 e. The Hall–Kier alpha value is -4.06. The standard InChI is InChI=1S/C29H36F3N7O4S/c1-17(2)19-9-8-10-21(22(19)29(30,31)32)37-34-15-20-23(25(40)42-6)35-26(44-7)36-24(20)38-13-14-39(18(16-38)11-12-33)27(41)43-28(3,4)5/h8-10,15,17-18,37H,11,13-14,16H2,1-7H3/b34-15+. The van der Waals surface area contributed by atoms with E-state index in [-0.39, 0.29) is 59.5 Å². The first-order valence-corrected chi connectivity index (χ1v) is 15.0. The zero-order valence-electron chi connectivity index (χ0n) is 25.7. The van der Waals surface area contributed by atoms with E-state index < -0.39 is 41.4 Å². The summed E-state index contributed by atoms with van der Waals surface area (Å²) in [6.07, 6.45) is -2.32. The van der Waals surface area contributed by atoms with Gasteiger partial charge >= 0.3 is 18.2 Å². The molecule has 0 saturated carbocycles. The lowest BCUT2D eigenvalue weighted by atomic mass is 9.95. The third-order valence-corrected chi connectivity index (χ3v) is 7.13. The number of esters is 1. The molecule has 238 valence electrons. The van der Waals surface area contributed by atoms with Crippen LogP contribution in [0, 0.1) is 11.3 Å². The molecule has 1 amide bonds. The van der Waals surface area contributed by atoms with Crippen LogP contribution >= 0.6 is 11.8 Å². The van der Waals surface area contributed by atoms with E-state index in [0.29, 0.717) is 0 Å². The Balaban J connectivity index is 2.07. The normalized spacial score (nSPS) is 15.8. The minimum absolute atomic E-state index is 0.00252. The fourth-order valence-corrected chi connectivity index (χ4v) is 5.02. The Morgan fingerprint density at radius 3 is 2.52 bits per heavy atom. The number of nitriles is 1. The van der Waals surface area contributed by atoms with E-state index in [1.807, 2.05) is 0 Å². The van der Waals surface area contributed by atoms with Crippen molar-refractivity contribution in [2.75, 3.05) is 43.3 Å². The summed E-state index contributed by atoms with van der Waals surface area (Å²) < 4.78 is 52.7. The largest absolute Gasteiger partial charge is 0.464 e. The predicted molar refractivity (Wildman–Crippen MR) is 161 cm³/mol. The summed E-state index contributed by atoms with van der Waals surface area (Å²) in [6, 6.07) is 5.71. The number of thioether (sulfide) groups is 1. The van der Waals surface area contributed by atoms with E-state index in [1.54, 1.807) is 45.8 Å². The van der Waals surface area contributed by atoms with Crippen LogP contribution in [-0.2, 0) is 15.7 Å². The maximum Gasteiger partial charge on any atom is 0.418 e. The van der Waals surface area contributed by atoms with Gasteiger partial charge in [-0.25, -0.2) is 19.6 Å². The summed E-state index contributed by atoms with van der Waals surface area (Å²) in [5.74, 6) is -0.957. The molecule has 0 spiro atoms. The molecular formula is C29H36F3N7O4S. The van der Waals surface area contributed by atoms with E-state index in [2.05, 4.69) is 26.6 Å². The van der Waals surface area contributed by atoms with Crippen molar-refractivity contribution < 1.29 is 32.2 Å². The van der Waals surface area contributed by atoms with E-state index in [0.717, 1.165) is 0 Å². The third kappa shape index (κ3) is 8.31. The van der Waals surface area contributed by atoms with Gasteiger partial charge in [-0.2, -0.15) is 23.5 Å². The summed E-state index contributed by atoms with van der Waals surface area (Å²) in [5, 5.41) is 13.8. The number of amides is 1. The molecule has 1 unspecified atom stereocenters. The molecule has 15 heteroatoms. The Bertz CT molecular complexity index is 1440. The van der Waals surface area contributed by atoms with Crippen LogP contribution in [-0.4, -0.2) is 77.8 Å². The van der Waals surface area contributed by atoms with E-state index >= 15 is 0 Å². The first-order valence-electron chi connectivity index (χ1n) is 13.8. The lowest BCUT2D eigenvalue weighted by Gasteiger charge is -2.41. The number of methoxy groups -OCH3 is 1. The van der Waals surface area contributed by atoms with Crippen molar-refractivity contribution in [1.82, 2.24) is 14.9 Å². The van der Waals surface area contributed by atoms with Crippen LogP contribution in [0.3, 0.4) is 0 Å². The van der Waals surface area contributed by atoms with Crippen LogP contribution in [0.2, 0.25) is 0 Å². The second-order valence-electron chi connectivity index (χ2n) is 11.2. The van der Waals surface area contributed by atoms with Crippen LogP contribution < -0.4 is 10.3 Å². The van der Waals surface area contributed by atoms with Crippen molar-refractivity contribution in [2.24, 2.45) is 5.10 Å². The maximum absolute atomic E-state index is 14.1. The van der Waals surface area contributed by atoms with Gasteiger partial charge < -0.3 is 19.3 Å². The molecule has 1 aliphatic rings. The maximum atomic E-state index is 14.1. The number of hydrogen-bond donors (Lipinski definition) is 1. The summed E-state index contributed by atoms with van der Waals surface area (Å²) in [4.78, 5) is 37.9. The molecule has 0 bridgehead atoms. The van der Waals surface area contributed by atoms with Gasteiger partial charge in [0.15, 0.2) is 10.9 Å². The van der Waals surface area contributed by atoms with Crippen molar-refractivity contribution in [3.05, 3.63) is 40.6 Å². The molecule has 2 aromatic rings. The number of piperazine rings is 1. The Labute approximate surface area is 258 Å². The fraction of sp³-hybridized carbons (Fsp3) is 0.517. The van der Waals surface area contributed by atoms with E-state index in [9.17, 15) is 28.0 Å².